The smallest absolute Gasteiger partial charge is 0.330 e. The maximum atomic E-state index is 13.2. The number of nitrogens with zero attached hydrogens (tertiary/aromatic N) is 1. The topological polar surface area (TPSA) is 312 Å². The number of hydrogen-bond acceptors (Lipinski definition) is 16. The molecule has 0 aromatic carbocycles. The highest BCUT2D eigenvalue weighted by molar-refractivity contribution is 5.87. The van der Waals surface area contributed by atoms with Gasteiger partial charge in [0.05, 0.1) is 18.8 Å². The molecule has 3 aliphatic heterocycles. The highest BCUT2D eigenvalue weighted by atomic mass is 16.8. The van der Waals surface area contributed by atoms with Crippen molar-refractivity contribution in [2.75, 3.05) is 6.61 Å². The maximum absolute atomic E-state index is 13.2. The van der Waals surface area contributed by atoms with Crippen molar-refractivity contribution in [3.05, 3.63) is 45.3 Å². The minimum Gasteiger partial charge on any atom is -0.394 e. The van der Waals surface area contributed by atoms with E-state index in [2.05, 4.69) is 17.6 Å². The van der Waals surface area contributed by atoms with Crippen molar-refractivity contribution < 1.29 is 69.4 Å². The average molecular weight is 859 g/mol. The zero-order valence-corrected chi connectivity index (χ0v) is 34.4. The van der Waals surface area contributed by atoms with Crippen LogP contribution in [0.3, 0.4) is 0 Å². The van der Waals surface area contributed by atoms with E-state index < -0.39 is 128 Å². The summed E-state index contributed by atoms with van der Waals surface area (Å²) in [5, 5.41) is 91.5. The van der Waals surface area contributed by atoms with Crippen LogP contribution in [-0.2, 0) is 28.5 Å². The summed E-state index contributed by atoms with van der Waals surface area (Å²) in [5.74, 6) is -1.35. The third-order valence-electron chi connectivity index (χ3n) is 11.3. The molecular weight excluding hydrogens is 792 g/mol. The Morgan fingerprint density at radius 1 is 0.783 bits per heavy atom. The van der Waals surface area contributed by atoms with Crippen LogP contribution in [0.1, 0.15) is 110 Å². The summed E-state index contributed by atoms with van der Waals surface area (Å²) in [5.41, 5.74) is -1.68. The third-order valence-corrected chi connectivity index (χ3v) is 11.3. The highest BCUT2D eigenvalue weighted by Crippen LogP contribution is 2.34. The van der Waals surface area contributed by atoms with Crippen molar-refractivity contribution >= 4 is 11.8 Å². The predicted octanol–water partition coefficient (Wildman–Crippen LogP) is -1.55. The number of rotatable bonds is 23. The van der Waals surface area contributed by atoms with Crippen molar-refractivity contribution in [1.29, 1.82) is 0 Å². The number of carbonyl (C=O) groups is 2. The van der Waals surface area contributed by atoms with Gasteiger partial charge in [0.25, 0.3) is 5.56 Å². The van der Waals surface area contributed by atoms with Gasteiger partial charge in [-0.15, -0.1) is 0 Å². The van der Waals surface area contributed by atoms with E-state index in [4.69, 9.17) is 18.9 Å². The summed E-state index contributed by atoms with van der Waals surface area (Å²) in [4.78, 5) is 51.2. The Kier molecular flexibility index (Phi) is 20.2. The van der Waals surface area contributed by atoms with E-state index in [1.807, 2.05) is 4.98 Å². The van der Waals surface area contributed by atoms with Crippen LogP contribution in [0, 0.1) is 0 Å². The van der Waals surface area contributed by atoms with Crippen LogP contribution in [0.15, 0.2) is 34.0 Å². The molecule has 4 rings (SSSR count). The summed E-state index contributed by atoms with van der Waals surface area (Å²) < 4.78 is 24.1. The third kappa shape index (κ3) is 13.7. The fraction of sp³-hybridized carbons (Fsp3) is 0.800. The molecule has 0 spiro atoms. The number of amides is 2. The monoisotopic (exact) mass is 858 g/mol. The molecule has 0 radical (unpaired) electrons. The zero-order chi connectivity index (χ0) is 43.9. The van der Waals surface area contributed by atoms with E-state index in [-0.39, 0.29) is 0 Å². The lowest BCUT2D eigenvalue weighted by molar-refractivity contribution is -0.346. The molecular formula is C40H66N4O16. The second-order valence-corrected chi connectivity index (χ2v) is 16.0. The number of ether oxygens (including phenoxy) is 4. The van der Waals surface area contributed by atoms with Crippen molar-refractivity contribution in [3.63, 3.8) is 0 Å². The van der Waals surface area contributed by atoms with Gasteiger partial charge < -0.3 is 70.4 Å². The molecule has 1 aromatic rings. The number of aromatic amines is 1. The number of aromatic nitrogens is 2. The quantitative estimate of drug-likeness (QED) is 0.0438. The van der Waals surface area contributed by atoms with Gasteiger partial charge in [0.15, 0.2) is 18.8 Å². The first-order valence-corrected chi connectivity index (χ1v) is 21.2. The number of aliphatic hydroxyl groups is 8. The number of unbranched alkanes of at least 4 members (excludes halogenated alkanes) is 12. The molecule has 1 aromatic heterocycles. The van der Waals surface area contributed by atoms with Gasteiger partial charge >= 0.3 is 5.69 Å². The van der Waals surface area contributed by atoms with Crippen molar-refractivity contribution in [2.45, 2.75) is 196 Å². The van der Waals surface area contributed by atoms with Gasteiger partial charge in [-0.3, -0.25) is 23.9 Å². The van der Waals surface area contributed by atoms with Gasteiger partial charge in [0, 0.05) is 25.6 Å². The summed E-state index contributed by atoms with van der Waals surface area (Å²) in [7, 11) is 0. The standard InChI is InChI=1S/C40H66N4O16/c1-3-4-5-6-7-8-9-10-11-12-13-14-15-16-17-26(48)42-29-33(53)30(50)24(57-39(29)60-38-28(41-22(2)46)32(52)31(51)25(21-45)58-38)20-23(47)36-34(54)35(55)37(59-36)44-19-18-27(49)43-40(44)56/h16-19,23-25,28-39,45,47,50-55H,3-15,20-21H2,1-2H3,(H,41,46)(H,42,48)(H,43,49,56)/b17-16-/t23-,24-,25-,28-,29-,30+,31-,32-,33-,34+,35-,36-,37-,38+,39+/m1/s1. The Morgan fingerprint density at radius 2 is 1.33 bits per heavy atom. The van der Waals surface area contributed by atoms with E-state index >= 15 is 0 Å². The minimum atomic E-state index is -1.85. The number of hydrogen-bond donors (Lipinski definition) is 11. The van der Waals surface area contributed by atoms with Gasteiger partial charge in [-0.2, -0.15) is 0 Å². The van der Waals surface area contributed by atoms with Crippen LogP contribution >= 0.6 is 0 Å². The van der Waals surface area contributed by atoms with E-state index in [9.17, 15) is 60.0 Å². The molecule has 2 amide bonds. The fourth-order valence-electron chi connectivity index (χ4n) is 7.85. The lowest BCUT2D eigenvalue weighted by atomic mass is 9.91. The zero-order valence-electron chi connectivity index (χ0n) is 34.4. The first-order valence-electron chi connectivity index (χ1n) is 21.2. The van der Waals surface area contributed by atoms with Crippen LogP contribution in [0.25, 0.3) is 0 Å². The minimum absolute atomic E-state index is 0.597. The fourth-order valence-corrected chi connectivity index (χ4v) is 7.85. The van der Waals surface area contributed by atoms with E-state index in [1.165, 1.54) is 57.4 Å². The van der Waals surface area contributed by atoms with Gasteiger partial charge in [0.2, 0.25) is 11.8 Å². The molecule has 11 N–H and O–H groups in total. The lowest BCUT2D eigenvalue weighted by Crippen LogP contribution is -2.68. The van der Waals surface area contributed by atoms with Gasteiger partial charge in [-0.05, 0) is 18.9 Å². The van der Waals surface area contributed by atoms with Crippen molar-refractivity contribution in [3.8, 4) is 0 Å². The molecule has 4 heterocycles. The highest BCUT2D eigenvalue weighted by Gasteiger charge is 2.53. The Morgan fingerprint density at radius 3 is 1.90 bits per heavy atom. The van der Waals surface area contributed by atoms with E-state index in [0.29, 0.717) is 6.42 Å². The van der Waals surface area contributed by atoms with Crippen molar-refractivity contribution in [2.24, 2.45) is 0 Å². The molecule has 3 saturated heterocycles. The van der Waals surface area contributed by atoms with Crippen LogP contribution in [0.4, 0.5) is 0 Å². The Bertz CT molecular complexity index is 1610. The number of allylic oxidation sites excluding steroid dienone is 1. The van der Waals surface area contributed by atoms with Gasteiger partial charge in [-0.25, -0.2) is 4.79 Å². The number of nitrogens with one attached hydrogen (secondary N) is 3. The Labute approximate surface area is 348 Å². The van der Waals surface area contributed by atoms with Crippen LogP contribution in [0.2, 0.25) is 0 Å². The van der Waals surface area contributed by atoms with E-state index in [0.717, 1.165) is 49.4 Å². The molecule has 342 valence electrons. The molecule has 15 atom stereocenters. The second kappa shape index (κ2) is 24.5. The molecule has 0 bridgehead atoms. The second-order valence-electron chi connectivity index (χ2n) is 16.0. The maximum Gasteiger partial charge on any atom is 0.330 e. The van der Waals surface area contributed by atoms with Crippen LogP contribution in [0.5, 0.6) is 0 Å². The molecule has 0 unspecified atom stereocenters. The predicted molar refractivity (Wildman–Crippen MR) is 212 cm³/mol. The van der Waals surface area contributed by atoms with Crippen molar-refractivity contribution in [1.82, 2.24) is 20.2 Å². The molecule has 60 heavy (non-hydrogen) atoms. The van der Waals surface area contributed by atoms with E-state index in [1.54, 1.807) is 6.08 Å². The number of H-pyrrole nitrogens is 1. The molecule has 20 heteroatoms. The summed E-state index contributed by atoms with van der Waals surface area (Å²) >= 11 is 0. The number of carbonyl (C=O) groups excluding carboxylic acids is 2. The first-order chi connectivity index (χ1) is 28.7. The average Bonchev–Trinajstić information content (AvgIpc) is 3.50. The largest absolute Gasteiger partial charge is 0.394 e. The first kappa shape index (κ1) is 49.5. The molecule has 0 saturated carbocycles. The molecule has 3 aliphatic rings. The lowest BCUT2D eigenvalue weighted by Gasteiger charge is -2.47. The molecule has 20 nitrogen and oxygen atoms in total. The number of aliphatic hydroxyl groups excluding tert-OH is 8. The molecule has 3 fully saturated rings. The summed E-state index contributed by atoms with van der Waals surface area (Å²) in [6, 6.07) is -2.01. The normalized spacial score (nSPS) is 33.8. The van der Waals surface area contributed by atoms with Crippen LogP contribution < -0.4 is 21.9 Å². The van der Waals surface area contributed by atoms with Gasteiger partial charge in [-0.1, -0.05) is 83.6 Å². The Balaban J connectivity index is 1.42. The van der Waals surface area contributed by atoms with Gasteiger partial charge in [0.1, 0.15) is 60.9 Å². The summed E-state index contributed by atoms with van der Waals surface area (Å²) in [6.07, 6.45) is -3.63. The summed E-state index contributed by atoms with van der Waals surface area (Å²) in [6.45, 7) is 2.56. The Hall–Kier alpha value is -3.12. The van der Waals surface area contributed by atoms with Crippen LogP contribution in [-0.4, -0.2) is 155 Å². The molecule has 0 aliphatic carbocycles. The SMILES string of the molecule is CCCCCCCCCCCCCC/C=C\C(=O)N[C@H]1[C@H](O[C@@H]2O[C@H](CO)[C@@H](O)[C@H](O)[C@H]2NC(C)=O)O[C@H](C[C@@H](O)[C@H]2O[C@@H](n3ccc(=O)[nH]c3=O)[C@H](O)[C@@H]2O)[C@H](O)[C@@H]1O.